The molecule has 1 aromatic heterocycles. The van der Waals surface area contributed by atoms with Gasteiger partial charge in [0.25, 0.3) is 0 Å². The van der Waals surface area contributed by atoms with Gasteiger partial charge >= 0.3 is 0 Å². The van der Waals surface area contributed by atoms with E-state index in [0.717, 1.165) is 15.5 Å². The van der Waals surface area contributed by atoms with Crippen molar-refractivity contribution in [1.82, 2.24) is 9.97 Å². The van der Waals surface area contributed by atoms with Gasteiger partial charge in [0.05, 0.1) is 17.6 Å². The maximum absolute atomic E-state index is 8.90. The number of aromatic amines is 1. The molecule has 1 heterocycles. The van der Waals surface area contributed by atoms with E-state index in [4.69, 9.17) is 5.11 Å². The summed E-state index contributed by atoms with van der Waals surface area (Å²) in [6, 6.07) is 5.85. The maximum atomic E-state index is 8.90. The second-order valence-electron chi connectivity index (χ2n) is 3.47. The van der Waals surface area contributed by atoms with Gasteiger partial charge in [-0.1, -0.05) is 15.9 Å². The number of rotatable bonds is 3. The number of nitrogens with one attached hydrogen (secondary N) is 2. The standard InChI is InChI=1S/C10H12BrN3O/c1-6(5-15)12-10-13-8-3-2-7(11)4-9(8)14-10/h2-4,6,15H,5H2,1H3,(H2,12,13,14). The second-order valence-corrected chi connectivity index (χ2v) is 4.39. The van der Waals surface area contributed by atoms with Crippen molar-refractivity contribution in [2.45, 2.75) is 13.0 Å². The van der Waals surface area contributed by atoms with Crippen LogP contribution in [0.1, 0.15) is 6.92 Å². The Kier molecular flexibility index (Phi) is 2.93. The zero-order valence-electron chi connectivity index (χ0n) is 8.29. The van der Waals surface area contributed by atoms with E-state index in [-0.39, 0.29) is 12.6 Å². The topological polar surface area (TPSA) is 60.9 Å². The minimum Gasteiger partial charge on any atom is -0.394 e. The van der Waals surface area contributed by atoms with Gasteiger partial charge in [0.1, 0.15) is 0 Å². The normalized spacial score (nSPS) is 13.0. The van der Waals surface area contributed by atoms with Gasteiger partial charge in [0.15, 0.2) is 0 Å². The van der Waals surface area contributed by atoms with Crippen LogP contribution in [0.2, 0.25) is 0 Å². The fourth-order valence-corrected chi connectivity index (χ4v) is 1.69. The number of aliphatic hydroxyl groups excluding tert-OH is 1. The molecule has 5 heteroatoms. The van der Waals surface area contributed by atoms with Gasteiger partial charge < -0.3 is 15.4 Å². The van der Waals surface area contributed by atoms with Gasteiger partial charge in [-0.05, 0) is 25.1 Å². The highest BCUT2D eigenvalue weighted by atomic mass is 79.9. The number of nitrogens with zero attached hydrogens (tertiary/aromatic N) is 1. The van der Waals surface area contributed by atoms with Crippen LogP contribution in [-0.2, 0) is 0 Å². The third kappa shape index (κ3) is 2.30. The molecule has 1 unspecified atom stereocenters. The maximum Gasteiger partial charge on any atom is 0.201 e. The van der Waals surface area contributed by atoms with E-state index in [0.29, 0.717) is 5.95 Å². The molecular formula is C10H12BrN3O. The minimum absolute atomic E-state index is 0.00555. The molecule has 0 fully saturated rings. The molecule has 0 saturated heterocycles. The molecule has 0 amide bonds. The summed E-state index contributed by atoms with van der Waals surface area (Å²) >= 11 is 3.40. The van der Waals surface area contributed by atoms with Crippen molar-refractivity contribution in [3.05, 3.63) is 22.7 Å². The Bertz CT molecular complexity index is 469. The molecule has 0 saturated carbocycles. The average molecular weight is 270 g/mol. The fourth-order valence-electron chi connectivity index (χ4n) is 1.33. The Balaban J connectivity index is 2.30. The predicted molar refractivity (Wildman–Crippen MR) is 64.0 cm³/mol. The van der Waals surface area contributed by atoms with Crippen molar-refractivity contribution >= 4 is 32.9 Å². The van der Waals surface area contributed by atoms with Crippen LogP contribution in [0, 0.1) is 0 Å². The van der Waals surface area contributed by atoms with Crippen LogP contribution < -0.4 is 5.32 Å². The minimum atomic E-state index is -0.00555. The lowest BCUT2D eigenvalue weighted by Crippen LogP contribution is -2.19. The molecule has 0 aliphatic carbocycles. The number of hydrogen-bond acceptors (Lipinski definition) is 3. The van der Waals surface area contributed by atoms with Crippen LogP contribution in [0.3, 0.4) is 0 Å². The van der Waals surface area contributed by atoms with Gasteiger partial charge in [-0.3, -0.25) is 0 Å². The van der Waals surface area contributed by atoms with Crippen molar-refractivity contribution in [1.29, 1.82) is 0 Å². The van der Waals surface area contributed by atoms with Crippen LogP contribution in [0.4, 0.5) is 5.95 Å². The first-order valence-corrected chi connectivity index (χ1v) is 5.51. The molecule has 1 aromatic carbocycles. The zero-order chi connectivity index (χ0) is 10.8. The van der Waals surface area contributed by atoms with Crippen molar-refractivity contribution in [3.8, 4) is 0 Å². The van der Waals surface area contributed by atoms with Crippen LogP contribution in [0.25, 0.3) is 11.0 Å². The number of anilines is 1. The Labute approximate surface area is 95.8 Å². The van der Waals surface area contributed by atoms with Gasteiger partial charge in [0, 0.05) is 10.5 Å². The third-order valence-corrected chi connectivity index (χ3v) is 2.59. The summed E-state index contributed by atoms with van der Waals surface area (Å²) in [5.41, 5.74) is 1.88. The van der Waals surface area contributed by atoms with Crippen LogP contribution >= 0.6 is 15.9 Å². The molecule has 0 aliphatic heterocycles. The molecule has 2 aromatic rings. The van der Waals surface area contributed by atoms with E-state index in [9.17, 15) is 0 Å². The quantitative estimate of drug-likeness (QED) is 0.800. The summed E-state index contributed by atoms with van der Waals surface area (Å²) in [4.78, 5) is 7.48. The molecule has 0 spiro atoms. The number of benzene rings is 1. The smallest absolute Gasteiger partial charge is 0.201 e. The first-order chi connectivity index (χ1) is 7.19. The van der Waals surface area contributed by atoms with E-state index < -0.39 is 0 Å². The molecule has 0 radical (unpaired) electrons. The van der Waals surface area contributed by atoms with E-state index in [2.05, 4.69) is 31.2 Å². The number of fused-ring (bicyclic) bond motifs is 1. The first-order valence-electron chi connectivity index (χ1n) is 4.71. The molecule has 1 atom stereocenters. The van der Waals surface area contributed by atoms with Crippen LogP contribution in [-0.4, -0.2) is 27.7 Å². The summed E-state index contributed by atoms with van der Waals surface area (Å²) < 4.78 is 1.01. The lowest BCUT2D eigenvalue weighted by atomic mass is 10.3. The van der Waals surface area contributed by atoms with Gasteiger partial charge in [-0.25, -0.2) is 4.98 Å². The predicted octanol–water partition coefficient (Wildman–Crippen LogP) is 2.12. The molecule has 80 valence electrons. The fraction of sp³-hybridized carbons (Fsp3) is 0.300. The summed E-state index contributed by atoms with van der Waals surface area (Å²) in [6.45, 7) is 1.98. The van der Waals surface area contributed by atoms with E-state index in [1.54, 1.807) is 0 Å². The number of aromatic nitrogens is 2. The molecule has 0 bridgehead atoms. The molecule has 0 aliphatic rings. The summed E-state index contributed by atoms with van der Waals surface area (Å²) in [7, 11) is 0. The van der Waals surface area contributed by atoms with E-state index in [1.165, 1.54) is 0 Å². The Hall–Kier alpha value is -1.07. The first kappa shape index (κ1) is 10.4. The summed E-state index contributed by atoms with van der Waals surface area (Å²) in [5.74, 6) is 0.685. The SMILES string of the molecule is CC(CO)Nc1nc2ccc(Br)cc2[nH]1. The number of imidazole rings is 1. The van der Waals surface area contributed by atoms with Gasteiger partial charge in [0.2, 0.25) is 5.95 Å². The lowest BCUT2D eigenvalue weighted by molar-refractivity contribution is 0.281. The molecule has 2 rings (SSSR count). The Morgan fingerprint density at radius 3 is 3.13 bits per heavy atom. The zero-order valence-corrected chi connectivity index (χ0v) is 9.87. The molecule has 4 nitrogen and oxygen atoms in total. The summed E-state index contributed by atoms with van der Waals surface area (Å²) in [6.07, 6.45) is 0. The van der Waals surface area contributed by atoms with Crippen molar-refractivity contribution in [3.63, 3.8) is 0 Å². The summed E-state index contributed by atoms with van der Waals surface area (Å²) in [5, 5.41) is 12.0. The number of H-pyrrole nitrogens is 1. The van der Waals surface area contributed by atoms with Crippen molar-refractivity contribution in [2.24, 2.45) is 0 Å². The highest BCUT2D eigenvalue weighted by molar-refractivity contribution is 9.10. The number of hydrogen-bond donors (Lipinski definition) is 3. The Morgan fingerprint density at radius 1 is 1.60 bits per heavy atom. The second kappa shape index (κ2) is 4.20. The van der Waals surface area contributed by atoms with E-state index >= 15 is 0 Å². The average Bonchev–Trinajstić information content (AvgIpc) is 2.59. The lowest BCUT2D eigenvalue weighted by Gasteiger charge is -2.07. The highest BCUT2D eigenvalue weighted by Gasteiger charge is 2.05. The Morgan fingerprint density at radius 2 is 2.40 bits per heavy atom. The molecule has 3 N–H and O–H groups in total. The largest absolute Gasteiger partial charge is 0.394 e. The van der Waals surface area contributed by atoms with Gasteiger partial charge in [-0.2, -0.15) is 0 Å². The van der Waals surface area contributed by atoms with E-state index in [1.807, 2.05) is 25.1 Å². The van der Waals surface area contributed by atoms with Crippen LogP contribution in [0.15, 0.2) is 22.7 Å². The number of halogens is 1. The van der Waals surface area contributed by atoms with Crippen molar-refractivity contribution in [2.75, 3.05) is 11.9 Å². The number of aliphatic hydroxyl groups is 1. The van der Waals surface area contributed by atoms with Gasteiger partial charge in [-0.15, -0.1) is 0 Å². The molecule has 15 heavy (non-hydrogen) atoms. The third-order valence-electron chi connectivity index (χ3n) is 2.10. The highest BCUT2D eigenvalue weighted by Crippen LogP contribution is 2.19. The van der Waals surface area contributed by atoms with Crippen molar-refractivity contribution < 1.29 is 5.11 Å². The monoisotopic (exact) mass is 269 g/mol. The van der Waals surface area contributed by atoms with Crippen LogP contribution in [0.5, 0.6) is 0 Å². The molecular weight excluding hydrogens is 258 g/mol.